The average Bonchev–Trinajstić information content (AvgIpc) is 3.23. The van der Waals surface area contributed by atoms with Gasteiger partial charge in [0.15, 0.2) is 0 Å². The van der Waals surface area contributed by atoms with Crippen LogP contribution in [0, 0.1) is 5.92 Å². The lowest BCUT2D eigenvalue weighted by molar-refractivity contribution is -0.137. The zero-order valence-corrected chi connectivity index (χ0v) is 21.0. The number of rotatable bonds is 5. The van der Waals surface area contributed by atoms with Crippen LogP contribution >= 0.6 is 11.3 Å². The number of carbonyl (C=O) groups is 2. The monoisotopic (exact) mass is 479 g/mol. The van der Waals surface area contributed by atoms with E-state index in [1.54, 1.807) is 0 Å². The van der Waals surface area contributed by atoms with Gasteiger partial charge in [-0.05, 0) is 48.3 Å². The summed E-state index contributed by atoms with van der Waals surface area (Å²) in [4.78, 5) is 34.2. The molecule has 1 saturated carbocycles. The molecule has 0 spiro atoms. The van der Waals surface area contributed by atoms with E-state index in [9.17, 15) is 9.59 Å². The van der Waals surface area contributed by atoms with E-state index < -0.39 is 0 Å². The van der Waals surface area contributed by atoms with Crippen LogP contribution in [-0.4, -0.2) is 65.8 Å². The van der Waals surface area contributed by atoms with Crippen LogP contribution in [-0.2, 0) is 16.0 Å². The highest BCUT2D eigenvalue weighted by atomic mass is 32.1. The molecule has 1 saturated heterocycles. The maximum absolute atomic E-state index is 13.2. The van der Waals surface area contributed by atoms with Crippen molar-refractivity contribution in [3.8, 4) is 0 Å². The number of amides is 2. The topological polar surface area (TPSA) is 43.9 Å². The van der Waals surface area contributed by atoms with Gasteiger partial charge in [0.1, 0.15) is 0 Å². The summed E-state index contributed by atoms with van der Waals surface area (Å²) in [5.74, 6) is 0.779. The molecule has 0 N–H and O–H groups in total. The lowest BCUT2D eigenvalue weighted by Crippen LogP contribution is -2.41. The van der Waals surface area contributed by atoms with Crippen molar-refractivity contribution in [1.29, 1.82) is 0 Å². The van der Waals surface area contributed by atoms with Gasteiger partial charge in [-0.2, -0.15) is 0 Å². The van der Waals surface area contributed by atoms with Crippen LogP contribution in [0.4, 0.5) is 0 Å². The maximum atomic E-state index is 13.2. The van der Waals surface area contributed by atoms with E-state index >= 15 is 0 Å². The van der Waals surface area contributed by atoms with E-state index in [-0.39, 0.29) is 17.9 Å². The Bertz CT molecular complexity index is 969. The SMILES string of the molecule is O=C(CCN1CCc2sccc2C1c1ccccc1)N1CCCN(C(=O)C2CCCCC2)CC1. The normalized spacial score (nSPS) is 22.3. The first-order chi connectivity index (χ1) is 16.7. The molecule has 1 aliphatic carbocycles. The van der Waals surface area contributed by atoms with Gasteiger partial charge in [0.05, 0.1) is 6.04 Å². The van der Waals surface area contributed by atoms with Crippen LogP contribution in [0.25, 0.3) is 0 Å². The molecule has 6 heteroatoms. The Morgan fingerprint density at radius 3 is 2.44 bits per heavy atom. The minimum atomic E-state index is 0.215. The molecule has 2 aromatic rings. The van der Waals surface area contributed by atoms with Crippen LogP contribution in [0.2, 0.25) is 0 Å². The summed E-state index contributed by atoms with van der Waals surface area (Å²) in [6.45, 7) is 4.69. The molecule has 2 fully saturated rings. The first kappa shape index (κ1) is 23.6. The number of thiophene rings is 1. The third-order valence-corrected chi connectivity index (χ3v) is 8.91. The van der Waals surface area contributed by atoms with Gasteiger partial charge >= 0.3 is 0 Å². The van der Waals surface area contributed by atoms with E-state index in [1.165, 1.54) is 35.3 Å². The minimum absolute atomic E-state index is 0.215. The van der Waals surface area contributed by atoms with Crippen LogP contribution in [0.5, 0.6) is 0 Å². The van der Waals surface area contributed by atoms with Gasteiger partial charge < -0.3 is 9.80 Å². The predicted octanol–water partition coefficient (Wildman–Crippen LogP) is 4.73. The fraction of sp³-hybridized carbons (Fsp3) is 0.571. The molecular weight excluding hydrogens is 442 g/mol. The Morgan fingerprint density at radius 2 is 1.62 bits per heavy atom. The van der Waals surface area contributed by atoms with Crippen LogP contribution in [0.3, 0.4) is 0 Å². The van der Waals surface area contributed by atoms with Gasteiger partial charge in [-0.1, -0.05) is 49.6 Å². The highest BCUT2D eigenvalue weighted by molar-refractivity contribution is 7.10. The van der Waals surface area contributed by atoms with Gasteiger partial charge in [-0.3, -0.25) is 14.5 Å². The standard InChI is InChI=1S/C28H37N3O2S/c32-26(29-15-7-16-31(20-19-29)28(33)23-10-5-2-6-11-23)13-18-30-17-12-25-24(14-21-34-25)27(30)22-8-3-1-4-9-22/h1,3-4,8-9,14,21,23,27H,2,5-7,10-13,15-20H2. The number of fused-ring (bicyclic) bond motifs is 1. The van der Waals surface area contributed by atoms with Crippen molar-refractivity contribution in [1.82, 2.24) is 14.7 Å². The molecule has 0 bridgehead atoms. The predicted molar refractivity (Wildman–Crippen MR) is 137 cm³/mol. The number of benzene rings is 1. The molecule has 2 aliphatic heterocycles. The summed E-state index contributed by atoms with van der Waals surface area (Å²) in [5, 5.41) is 2.20. The minimum Gasteiger partial charge on any atom is -0.341 e. The van der Waals surface area contributed by atoms with Crippen molar-refractivity contribution in [2.75, 3.05) is 39.3 Å². The molecule has 0 radical (unpaired) electrons. The Balaban J connectivity index is 1.18. The number of hydrogen-bond acceptors (Lipinski definition) is 4. The van der Waals surface area contributed by atoms with Crippen LogP contribution < -0.4 is 0 Å². The molecule has 1 unspecified atom stereocenters. The summed E-state index contributed by atoms with van der Waals surface area (Å²) in [6.07, 6.45) is 8.21. The van der Waals surface area contributed by atoms with Gasteiger partial charge in [0, 0.05) is 56.5 Å². The molecule has 182 valence electrons. The van der Waals surface area contributed by atoms with Crippen LogP contribution in [0.15, 0.2) is 41.8 Å². The molecule has 1 aromatic heterocycles. The molecule has 2 amide bonds. The summed E-state index contributed by atoms with van der Waals surface area (Å²) in [7, 11) is 0. The third-order valence-electron chi connectivity index (χ3n) is 7.91. The second-order valence-corrected chi connectivity index (χ2v) is 11.0. The second kappa shape index (κ2) is 11.0. The molecular formula is C28H37N3O2S. The van der Waals surface area contributed by atoms with Gasteiger partial charge in [0.2, 0.25) is 11.8 Å². The Kier molecular flexibility index (Phi) is 7.65. The highest BCUT2D eigenvalue weighted by Crippen LogP contribution is 2.37. The quantitative estimate of drug-likeness (QED) is 0.623. The first-order valence-corrected chi connectivity index (χ1v) is 14.0. The second-order valence-electron chi connectivity index (χ2n) is 10.0. The van der Waals surface area contributed by atoms with Crippen molar-refractivity contribution >= 4 is 23.2 Å². The summed E-state index contributed by atoms with van der Waals surface area (Å²) in [6, 6.07) is 13.2. The lowest BCUT2D eigenvalue weighted by atomic mass is 9.88. The largest absolute Gasteiger partial charge is 0.341 e. The van der Waals surface area contributed by atoms with Crippen molar-refractivity contribution in [2.45, 2.75) is 57.4 Å². The summed E-state index contributed by atoms with van der Waals surface area (Å²) >= 11 is 1.85. The van der Waals surface area contributed by atoms with E-state index in [4.69, 9.17) is 0 Å². The number of hydrogen-bond donors (Lipinski definition) is 0. The highest BCUT2D eigenvalue weighted by Gasteiger charge is 2.31. The Morgan fingerprint density at radius 1 is 0.853 bits per heavy atom. The zero-order valence-electron chi connectivity index (χ0n) is 20.2. The van der Waals surface area contributed by atoms with E-state index in [2.05, 4.69) is 46.7 Å². The molecule has 5 nitrogen and oxygen atoms in total. The number of nitrogens with zero attached hydrogens (tertiary/aromatic N) is 3. The van der Waals surface area contributed by atoms with Gasteiger partial charge in [-0.25, -0.2) is 0 Å². The zero-order chi connectivity index (χ0) is 23.3. The van der Waals surface area contributed by atoms with Crippen LogP contribution in [0.1, 0.15) is 67.0 Å². The van der Waals surface area contributed by atoms with Crippen molar-refractivity contribution < 1.29 is 9.59 Å². The fourth-order valence-corrected chi connectivity index (χ4v) is 6.93. The maximum Gasteiger partial charge on any atom is 0.225 e. The molecule has 5 rings (SSSR count). The molecule has 3 aliphatic rings. The van der Waals surface area contributed by atoms with Gasteiger partial charge in [0.25, 0.3) is 0 Å². The summed E-state index contributed by atoms with van der Waals surface area (Å²) in [5.41, 5.74) is 2.71. The van der Waals surface area contributed by atoms with Crippen molar-refractivity contribution in [3.05, 3.63) is 57.8 Å². The average molecular weight is 480 g/mol. The smallest absolute Gasteiger partial charge is 0.225 e. The van der Waals surface area contributed by atoms with E-state index in [0.717, 1.165) is 51.9 Å². The molecule has 1 atom stereocenters. The third kappa shape index (κ3) is 5.23. The Hall–Kier alpha value is -2.18. The number of carbonyl (C=O) groups excluding carboxylic acids is 2. The Labute approximate surface area is 207 Å². The molecule has 1 aromatic carbocycles. The van der Waals surface area contributed by atoms with Gasteiger partial charge in [-0.15, -0.1) is 11.3 Å². The lowest BCUT2D eigenvalue weighted by Gasteiger charge is -2.36. The van der Waals surface area contributed by atoms with E-state index in [0.29, 0.717) is 25.4 Å². The molecule has 34 heavy (non-hydrogen) atoms. The summed E-state index contributed by atoms with van der Waals surface area (Å²) < 4.78 is 0. The first-order valence-electron chi connectivity index (χ1n) is 13.1. The van der Waals surface area contributed by atoms with Crippen molar-refractivity contribution in [3.63, 3.8) is 0 Å². The van der Waals surface area contributed by atoms with E-state index in [1.807, 2.05) is 21.1 Å². The fourth-order valence-electron chi connectivity index (χ4n) is 6.03. The van der Waals surface area contributed by atoms with Crippen molar-refractivity contribution in [2.24, 2.45) is 5.92 Å². The molecule has 3 heterocycles.